The molecule has 0 saturated heterocycles. The number of nitrogens with one attached hydrogen (secondary N) is 2. The van der Waals surface area contributed by atoms with Crippen LogP contribution in [0.1, 0.15) is 39.4 Å². The molecular formula is C20H22N6O3. The standard InChI is InChI=1S/C20H22N6O3/c1-11-10-18(28)24-20(22-11)26-13(3)14(12(2)25-26)8-9-17(27)23-16-7-5-4-6-15(16)19(21)29/h4-7,10H,8-9H2,1-3H3,(H2,21,29)(H,23,27)(H,22,24,28). The van der Waals surface area contributed by atoms with Gasteiger partial charge in [0.1, 0.15) is 0 Å². The maximum atomic E-state index is 12.4. The molecule has 2 heterocycles. The Bertz CT molecular complexity index is 1150. The van der Waals surface area contributed by atoms with Gasteiger partial charge in [-0.05, 0) is 44.9 Å². The first-order valence-electron chi connectivity index (χ1n) is 9.08. The van der Waals surface area contributed by atoms with Gasteiger partial charge in [0.05, 0.1) is 16.9 Å². The van der Waals surface area contributed by atoms with Crippen molar-refractivity contribution in [2.24, 2.45) is 5.73 Å². The number of aryl methyl sites for hydroxylation is 2. The fourth-order valence-corrected chi connectivity index (χ4v) is 3.16. The van der Waals surface area contributed by atoms with E-state index >= 15 is 0 Å². The van der Waals surface area contributed by atoms with E-state index in [-0.39, 0.29) is 23.5 Å². The minimum Gasteiger partial charge on any atom is -0.366 e. The molecule has 9 heteroatoms. The minimum atomic E-state index is -0.603. The second-order valence-corrected chi connectivity index (χ2v) is 6.73. The Morgan fingerprint density at radius 3 is 2.62 bits per heavy atom. The molecule has 0 spiro atoms. The third kappa shape index (κ3) is 4.40. The van der Waals surface area contributed by atoms with Gasteiger partial charge in [0, 0.05) is 23.9 Å². The van der Waals surface area contributed by atoms with Crippen LogP contribution in [0.3, 0.4) is 0 Å². The SMILES string of the molecule is Cc1cc(=O)[nH]c(-n2nc(C)c(CCC(=O)Nc3ccccc3C(N)=O)c2C)n1. The van der Waals surface area contributed by atoms with Crippen LogP contribution >= 0.6 is 0 Å². The number of amides is 2. The minimum absolute atomic E-state index is 0.193. The molecule has 3 rings (SSSR count). The van der Waals surface area contributed by atoms with Gasteiger partial charge in [-0.3, -0.25) is 19.4 Å². The Hall–Kier alpha value is -3.75. The molecule has 0 bridgehead atoms. The van der Waals surface area contributed by atoms with E-state index in [0.717, 1.165) is 17.0 Å². The average molecular weight is 394 g/mol. The number of anilines is 1. The molecule has 2 aromatic heterocycles. The van der Waals surface area contributed by atoms with Gasteiger partial charge in [0.25, 0.3) is 11.5 Å². The van der Waals surface area contributed by atoms with Crippen molar-refractivity contribution in [3.8, 4) is 5.95 Å². The van der Waals surface area contributed by atoms with Gasteiger partial charge in [0.2, 0.25) is 11.9 Å². The van der Waals surface area contributed by atoms with Crippen molar-refractivity contribution >= 4 is 17.5 Å². The summed E-state index contributed by atoms with van der Waals surface area (Å²) in [4.78, 5) is 42.6. The molecule has 0 aliphatic rings. The zero-order chi connectivity index (χ0) is 21.1. The molecule has 0 saturated carbocycles. The third-order valence-electron chi connectivity index (χ3n) is 4.57. The summed E-state index contributed by atoms with van der Waals surface area (Å²) < 4.78 is 1.57. The van der Waals surface area contributed by atoms with Crippen LogP contribution in [-0.4, -0.2) is 31.6 Å². The molecule has 0 unspecified atom stereocenters. The van der Waals surface area contributed by atoms with Crippen LogP contribution in [0.15, 0.2) is 35.1 Å². The first-order valence-corrected chi connectivity index (χ1v) is 9.08. The van der Waals surface area contributed by atoms with Gasteiger partial charge >= 0.3 is 0 Å². The van der Waals surface area contributed by atoms with E-state index in [9.17, 15) is 14.4 Å². The number of aromatic nitrogens is 4. The Kier molecular flexibility index (Phi) is 5.58. The molecule has 9 nitrogen and oxygen atoms in total. The zero-order valence-corrected chi connectivity index (χ0v) is 16.4. The van der Waals surface area contributed by atoms with Gasteiger partial charge in [-0.15, -0.1) is 0 Å². The maximum absolute atomic E-state index is 12.4. The van der Waals surface area contributed by atoms with Crippen LogP contribution in [0.5, 0.6) is 0 Å². The number of hydrogen-bond acceptors (Lipinski definition) is 5. The molecule has 0 aliphatic carbocycles. The van der Waals surface area contributed by atoms with Crippen molar-refractivity contribution < 1.29 is 9.59 Å². The summed E-state index contributed by atoms with van der Waals surface area (Å²) >= 11 is 0. The molecule has 3 aromatic rings. The van der Waals surface area contributed by atoms with E-state index in [1.54, 1.807) is 35.9 Å². The van der Waals surface area contributed by atoms with Crippen molar-refractivity contribution in [3.63, 3.8) is 0 Å². The highest BCUT2D eigenvalue weighted by molar-refractivity contribution is 6.03. The number of carbonyl (C=O) groups excluding carboxylic acids is 2. The third-order valence-corrected chi connectivity index (χ3v) is 4.57. The zero-order valence-electron chi connectivity index (χ0n) is 16.4. The summed E-state index contributed by atoms with van der Waals surface area (Å²) in [6, 6.07) is 8.00. The molecule has 1 aromatic carbocycles. The highest BCUT2D eigenvalue weighted by Crippen LogP contribution is 2.19. The summed E-state index contributed by atoms with van der Waals surface area (Å²) in [5.74, 6) is -0.512. The molecule has 0 fully saturated rings. The monoisotopic (exact) mass is 394 g/mol. The quantitative estimate of drug-likeness (QED) is 0.583. The van der Waals surface area contributed by atoms with Crippen molar-refractivity contribution in [1.82, 2.24) is 19.7 Å². The molecule has 0 radical (unpaired) electrons. The van der Waals surface area contributed by atoms with Crippen LogP contribution < -0.4 is 16.6 Å². The Labute approximate surface area is 167 Å². The first-order chi connectivity index (χ1) is 13.8. The lowest BCUT2D eigenvalue weighted by Gasteiger charge is -2.09. The maximum Gasteiger partial charge on any atom is 0.252 e. The van der Waals surface area contributed by atoms with Gasteiger partial charge in [-0.2, -0.15) is 5.10 Å². The van der Waals surface area contributed by atoms with Gasteiger partial charge in [-0.1, -0.05) is 12.1 Å². The second-order valence-electron chi connectivity index (χ2n) is 6.73. The summed E-state index contributed by atoms with van der Waals surface area (Å²) in [5.41, 5.74) is 8.76. The Morgan fingerprint density at radius 2 is 1.93 bits per heavy atom. The van der Waals surface area contributed by atoms with E-state index < -0.39 is 5.91 Å². The number of H-pyrrole nitrogens is 1. The number of aromatic amines is 1. The van der Waals surface area contributed by atoms with Crippen molar-refractivity contribution in [3.05, 3.63) is 68.9 Å². The number of para-hydroxylation sites is 1. The fraction of sp³-hybridized carbons (Fsp3) is 0.250. The number of hydrogen-bond donors (Lipinski definition) is 3. The summed E-state index contributed by atoms with van der Waals surface area (Å²) in [6.45, 7) is 5.44. The number of nitrogens with two attached hydrogens (primary N) is 1. The molecular weight excluding hydrogens is 372 g/mol. The van der Waals surface area contributed by atoms with Crippen molar-refractivity contribution in [2.45, 2.75) is 33.6 Å². The van der Waals surface area contributed by atoms with Crippen molar-refractivity contribution in [2.75, 3.05) is 5.32 Å². The average Bonchev–Trinajstić information content (AvgIpc) is 2.93. The highest BCUT2D eigenvalue weighted by atomic mass is 16.2. The van der Waals surface area contributed by atoms with Gasteiger partial charge < -0.3 is 11.1 Å². The number of nitrogens with zero attached hydrogens (tertiary/aromatic N) is 3. The fourth-order valence-electron chi connectivity index (χ4n) is 3.16. The second kappa shape index (κ2) is 8.09. The smallest absolute Gasteiger partial charge is 0.252 e. The predicted octanol–water partition coefficient (Wildman–Crippen LogP) is 1.55. The topological polar surface area (TPSA) is 136 Å². The lowest BCUT2D eigenvalue weighted by atomic mass is 10.1. The summed E-state index contributed by atoms with van der Waals surface area (Å²) in [5, 5.41) is 7.18. The first kappa shape index (κ1) is 20.0. The van der Waals surface area contributed by atoms with Crippen LogP contribution in [0, 0.1) is 20.8 Å². The van der Waals surface area contributed by atoms with E-state index in [1.165, 1.54) is 6.07 Å². The lowest BCUT2D eigenvalue weighted by molar-refractivity contribution is -0.116. The molecule has 2 amide bonds. The molecule has 150 valence electrons. The normalized spacial score (nSPS) is 10.7. The molecule has 4 N–H and O–H groups in total. The summed E-state index contributed by atoms with van der Waals surface area (Å²) in [7, 11) is 0. The van der Waals surface area contributed by atoms with E-state index in [4.69, 9.17) is 5.73 Å². The lowest BCUT2D eigenvalue weighted by Crippen LogP contribution is -2.18. The van der Waals surface area contributed by atoms with E-state index in [2.05, 4.69) is 20.4 Å². The largest absolute Gasteiger partial charge is 0.366 e. The van der Waals surface area contributed by atoms with E-state index in [1.807, 2.05) is 13.8 Å². The van der Waals surface area contributed by atoms with E-state index in [0.29, 0.717) is 23.8 Å². The highest BCUT2D eigenvalue weighted by Gasteiger charge is 2.16. The van der Waals surface area contributed by atoms with Crippen LogP contribution in [0.2, 0.25) is 0 Å². The molecule has 29 heavy (non-hydrogen) atoms. The molecule has 0 atom stereocenters. The summed E-state index contributed by atoms with van der Waals surface area (Å²) in [6.07, 6.45) is 0.635. The number of benzene rings is 1. The number of rotatable bonds is 6. The van der Waals surface area contributed by atoms with Crippen molar-refractivity contribution in [1.29, 1.82) is 0 Å². The van der Waals surface area contributed by atoms with Gasteiger partial charge in [0.15, 0.2) is 0 Å². The Balaban J connectivity index is 1.76. The van der Waals surface area contributed by atoms with Crippen LogP contribution in [-0.2, 0) is 11.2 Å². The van der Waals surface area contributed by atoms with Crippen LogP contribution in [0.25, 0.3) is 5.95 Å². The Morgan fingerprint density at radius 1 is 1.21 bits per heavy atom. The van der Waals surface area contributed by atoms with Gasteiger partial charge in [-0.25, -0.2) is 9.67 Å². The number of primary amides is 1. The molecule has 0 aliphatic heterocycles. The predicted molar refractivity (Wildman–Crippen MR) is 108 cm³/mol. The number of carbonyl (C=O) groups is 2. The van der Waals surface area contributed by atoms with Crippen LogP contribution in [0.4, 0.5) is 5.69 Å².